The Balaban J connectivity index is 1.78. The lowest BCUT2D eigenvalue weighted by molar-refractivity contribution is -0.684. The highest BCUT2D eigenvalue weighted by Crippen LogP contribution is 2.39. The molecule has 6 nitrogen and oxygen atoms in total. The van der Waals surface area contributed by atoms with Crippen LogP contribution in [-0.2, 0) is 28.9 Å². The van der Waals surface area contributed by atoms with Crippen LogP contribution in [0.15, 0.2) is 24.5 Å². The van der Waals surface area contributed by atoms with Crippen molar-refractivity contribution in [3.63, 3.8) is 0 Å². The molecule has 0 saturated carbocycles. The van der Waals surface area contributed by atoms with Gasteiger partial charge in [-0.2, -0.15) is 4.57 Å². The Kier molecular flexibility index (Phi) is 5.79. The maximum atomic E-state index is 12.6. The van der Waals surface area contributed by atoms with Gasteiger partial charge >= 0.3 is 5.97 Å². The van der Waals surface area contributed by atoms with E-state index in [0.717, 1.165) is 30.5 Å². The van der Waals surface area contributed by atoms with Gasteiger partial charge in [0.1, 0.15) is 5.00 Å². The Labute approximate surface area is 163 Å². The van der Waals surface area contributed by atoms with Gasteiger partial charge in [-0.25, -0.2) is 4.79 Å². The summed E-state index contributed by atoms with van der Waals surface area (Å²) < 4.78 is 6.79. The van der Waals surface area contributed by atoms with Crippen LogP contribution in [0.1, 0.15) is 34.1 Å². The predicted molar refractivity (Wildman–Crippen MR) is 106 cm³/mol. The smallest absolute Gasteiger partial charge is 0.341 e. The quantitative estimate of drug-likeness (QED) is 0.632. The first-order valence-electron chi connectivity index (χ1n) is 9.08. The number of hydrogen-bond acceptors (Lipinski definition) is 5. The van der Waals surface area contributed by atoms with E-state index in [1.165, 1.54) is 23.3 Å². The third kappa shape index (κ3) is 4.30. The fourth-order valence-electron chi connectivity index (χ4n) is 3.34. The lowest BCUT2D eigenvalue weighted by Gasteiger charge is -2.18. The number of fused-ring (bicyclic) bond motifs is 1. The molecule has 0 aromatic carbocycles. The van der Waals surface area contributed by atoms with E-state index in [1.54, 1.807) is 0 Å². The van der Waals surface area contributed by atoms with E-state index in [4.69, 9.17) is 4.74 Å². The minimum atomic E-state index is -0.375. The first kappa shape index (κ1) is 19.4. The lowest BCUT2D eigenvalue weighted by Crippen LogP contribution is -2.39. The van der Waals surface area contributed by atoms with Crippen LogP contribution in [0.25, 0.3) is 0 Å². The van der Waals surface area contributed by atoms with E-state index in [0.29, 0.717) is 16.5 Å². The highest BCUT2D eigenvalue weighted by Gasteiger charge is 2.29. The van der Waals surface area contributed by atoms with Gasteiger partial charge in [-0.3, -0.25) is 4.79 Å². The van der Waals surface area contributed by atoms with Crippen LogP contribution >= 0.6 is 11.3 Å². The predicted octanol–water partition coefficient (Wildman–Crippen LogP) is 2.65. The Morgan fingerprint density at radius 3 is 2.67 bits per heavy atom. The molecule has 7 heteroatoms. The fourth-order valence-corrected chi connectivity index (χ4v) is 4.76. The maximum absolute atomic E-state index is 12.6. The number of thiophene rings is 1. The Hall–Kier alpha value is -2.41. The monoisotopic (exact) mass is 388 g/mol. The number of hydrogen-bond donors (Lipinski definition) is 1. The zero-order chi connectivity index (χ0) is 19.6. The molecule has 144 valence electrons. The SMILES string of the molecule is COC(=O)c1c(NC(=O)C[n+]2ccc(N(C)C)cc2)sc2c1CC[C@@H](C)C2. The molecular weight excluding hydrogens is 362 g/mol. The van der Waals surface area contributed by atoms with Crippen LogP contribution in [0.4, 0.5) is 10.7 Å². The number of nitrogens with zero attached hydrogens (tertiary/aromatic N) is 2. The summed E-state index contributed by atoms with van der Waals surface area (Å²) in [7, 11) is 5.33. The minimum absolute atomic E-state index is 0.158. The highest BCUT2D eigenvalue weighted by atomic mass is 32.1. The molecule has 0 bridgehead atoms. The average molecular weight is 389 g/mol. The van der Waals surface area contributed by atoms with Crippen LogP contribution in [-0.4, -0.2) is 33.1 Å². The van der Waals surface area contributed by atoms with Gasteiger partial charge in [-0.15, -0.1) is 11.3 Å². The number of esters is 1. The zero-order valence-electron chi connectivity index (χ0n) is 16.2. The van der Waals surface area contributed by atoms with E-state index in [1.807, 2.05) is 48.1 Å². The summed E-state index contributed by atoms with van der Waals surface area (Å²) in [5.41, 5.74) is 2.65. The number of pyridine rings is 1. The summed E-state index contributed by atoms with van der Waals surface area (Å²) >= 11 is 1.51. The van der Waals surface area contributed by atoms with E-state index in [9.17, 15) is 9.59 Å². The molecule has 0 radical (unpaired) electrons. The van der Waals surface area contributed by atoms with Gasteiger partial charge in [-0.05, 0) is 30.7 Å². The first-order chi connectivity index (χ1) is 12.9. The Bertz CT molecular complexity index is 843. The van der Waals surface area contributed by atoms with Crippen molar-refractivity contribution in [3.8, 4) is 0 Å². The number of carbonyl (C=O) groups is 2. The molecule has 2 heterocycles. The number of aromatic nitrogens is 1. The molecule has 0 fully saturated rings. The second-order valence-electron chi connectivity index (χ2n) is 7.22. The Morgan fingerprint density at radius 1 is 1.33 bits per heavy atom. The van der Waals surface area contributed by atoms with Gasteiger partial charge in [0.15, 0.2) is 12.4 Å². The van der Waals surface area contributed by atoms with E-state index >= 15 is 0 Å². The molecule has 3 rings (SSSR count). The molecule has 1 amide bonds. The normalized spacial score (nSPS) is 15.8. The summed E-state index contributed by atoms with van der Waals surface area (Å²) in [6, 6.07) is 3.91. The van der Waals surface area contributed by atoms with Crippen LogP contribution in [0.5, 0.6) is 0 Å². The molecule has 1 atom stereocenters. The number of methoxy groups -OCH3 is 1. The third-order valence-corrected chi connectivity index (χ3v) is 6.04. The molecule has 0 aliphatic heterocycles. The van der Waals surface area contributed by atoms with E-state index in [-0.39, 0.29) is 18.4 Å². The van der Waals surface area contributed by atoms with Crippen molar-refractivity contribution in [2.45, 2.75) is 32.7 Å². The van der Waals surface area contributed by atoms with Gasteiger partial charge in [0.2, 0.25) is 6.54 Å². The number of nitrogens with one attached hydrogen (secondary N) is 1. The number of carbonyl (C=O) groups excluding carboxylic acids is 2. The van der Waals surface area contributed by atoms with Gasteiger partial charge in [0.05, 0.1) is 12.7 Å². The van der Waals surface area contributed by atoms with Gasteiger partial charge in [0.25, 0.3) is 5.91 Å². The van der Waals surface area contributed by atoms with Crippen molar-refractivity contribution >= 4 is 33.9 Å². The molecule has 2 aromatic rings. The van der Waals surface area contributed by atoms with E-state index in [2.05, 4.69) is 12.2 Å². The first-order valence-corrected chi connectivity index (χ1v) is 9.89. The van der Waals surface area contributed by atoms with Gasteiger partial charge < -0.3 is 15.0 Å². The minimum Gasteiger partial charge on any atom is -0.465 e. The largest absolute Gasteiger partial charge is 0.465 e. The third-order valence-electron chi connectivity index (χ3n) is 4.87. The molecule has 1 aliphatic rings. The highest BCUT2D eigenvalue weighted by molar-refractivity contribution is 7.17. The van der Waals surface area contributed by atoms with Gasteiger partial charge in [0, 0.05) is 36.8 Å². The standard InChI is InChI=1S/C20H25N3O3S/c1-13-5-6-15-16(11-13)27-19(18(15)20(25)26-4)21-17(24)12-23-9-7-14(8-10-23)22(2)3/h7-10,13H,5-6,11-12H2,1-4H3/p+1/t13-/m1/s1. The maximum Gasteiger partial charge on any atom is 0.341 e. The molecule has 0 spiro atoms. The summed E-state index contributed by atoms with van der Waals surface area (Å²) in [6.45, 7) is 2.40. The summed E-state index contributed by atoms with van der Waals surface area (Å²) in [4.78, 5) is 28.1. The topological polar surface area (TPSA) is 62.5 Å². The number of anilines is 2. The second kappa shape index (κ2) is 8.08. The van der Waals surface area contributed by atoms with Gasteiger partial charge in [-0.1, -0.05) is 6.92 Å². The molecule has 2 aromatic heterocycles. The number of amides is 1. The summed E-state index contributed by atoms with van der Waals surface area (Å²) in [5, 5.41) is 3.54. The molecular formula is C20H26N3O3S+. The second-order valence-corrected chi connectivity index (χ2v) is 8.32. The summed E-state index contributed by atoms with van der Waals surface area (Å²) in [6.07, 6.45) is 6.60. The lowest BCUT2D eigenvalue weighted by atomic mass is 9.88. The molecule has 0 saturated heterocycles. The molecule has 0 unspecified atom stereocenters. The average Bonchev–Trinajstić information content (AvgIpc) is 2.98. The van der Waals surface area contributed by atoms with Crippen molar-refractivity contribution in [3.05, 3.63) is 40.5 Å². The number of ether oxygens (including phenoxy) is 1. The van der Waals surface area contributed by atoms with Crippen molar-refractivity contribution in [2.75, 3.05) is 31.4 Å². The number of rotatable bonds is 5. The molecule has 1 aliphatic carbocycles. The van der Waals surface area contributed by atoms with Crippen LogP contribution in [0.3, 0.4) is 0 Å². The van der Waals surface area contributed by atoms with Crippen molar-refractivity contribution in [1.29, 1.82) is 0 Å². The van der Waals surface area contributed by atoms with Crippen LogP contribution in [0, 0.1) is 5.92 Å². The summed E-state index contributed by atoms with van der Waals surface area (Å²) in [5.74, 6) is 0.0608. The van der Waals surface area contributed by atoms with Crippen molar-refractivity contribution < 1.29 is 18.9 Å². The zero-order valence-corrected chi connectivity index (χ0v) is 17.1. The molecule has 1 N–H and O–H groups in total. The molecule has 27 heavy (non-hydrogen) atoms. The van der Waals surface area contributed by atoms with Crippen LogP contribution < -0.4 is 14.8 Å². The van der Waals surface area contributed by atoms with Crippen LogP contribution in [0.2, 0.25) is 0 Å². The van der Waals surface area contributed by atoms with Crippen molar-refractivity contribution in [2.24, 2.45) is 5.92 Å². The fraction of sp³-hybridized carbons (Fsp3) is 0.450. The Morgan fingerprint density at radius 2 is 2.04 bits per heavy atom. The van der Waals surface area contributed by atoms with E-state index < -0.39 is 0 Å². The van der Waals surface area contributed by atoms with Crippen molar-refractivity contribution in [1.82, 2.24) is 0 Å².